The Balaban J connectivity index is 2.14. The summed E-state index contributed by atoms with van der Waals surface area (Å²) in [6.07, 6.45) is 1.64. The molecule has 3 N–H and O–H groups in total. The number of nitrogens with two attached hydrogens (primary N) is 1. The van der Waals surface area contributed by atoms with Gasteiger partial charge in [0.2, 0.25) is 5.91 Å². The summed E-state index contributed by atoms with van der Waals surface area (Å²) in [6.45, 7) is 1.12. The van der Waals surface area contributed by atoms with Crippen LogP contribution in [0.25, 0.3) is 0 Å². The standard InChI is InChI=1S/C15H21N3O3/c1-17-14(19)11-4-3-7-18(9-11)15(20)10-5-6-12(16)13(8-10)21-2/h5-6,8,11H,3-4,7,9,16H2,1-2H3,(H,17,19). The van der Waals surface area contributed by atoms with Gasteiger partial charge in [-0.05, 0) is 31.0 Å². The monoisotopic (exact) mass is 291 g/mol. The van der Waals surface area contributed by atoms with Gasteiger partial charge in [0.15, 0.2) is 0 Å². The molecule has 1 aromatic rings. The zero-order chi connectivity index (χ0) is 15.4. The Morgan fingerprint density at radius 3 is 2.86 bits per heavy atom. The third-order valence-corrected chi connectivity index (χ3v) is 3.81. The fraction of sp³-hybridized carbons (Fsp3) is 0.467. The molecule has 1 saturated heterocycles. The first kappa shape index (κ1) is 15.2. The molecule has 1 aromatic carbocycles. The van der Waals surface area contributed by atoms with Crippen molar-refractivity contribution in [2.24, 2.45) is 5.92 Å². The number of nitrogens with one attached hydrogen (secondary N) is 1. The molecular formula is C15H21N3O3. The third-order valence-electron chi connectivity index (χ3n) is 3.81. The first-order valence-electron chi connectivity index (χ1n) is 7.01. The van der Waals surface area contributed by atoms with Gasteiger partial charge in [0.1, 0.15) is 5.75 Å². The molecule has 0 bridgehead atoms. The summed E-state index contributed by atoms with van der Waals surface area (Å²) in [5, 5.41) is 2.65. The van der Waals surface area contributed by atoms with Crippen molar-refractivity contribution >= 4 is 17.5 Å². The highest BCUT2D eigenvalue weighted by Crippen LogP contribution is 2.24. The lowest BCUT2D eigenvalue weighted by atomic mass is 9.96. The van der Waals surface area contributed by atoms with Crippen LogP contribution in [0.4, 0.5) is 5.69 Å². The zero-order valence-electron chi connectivity index (χ0n) is 12.4. The molecule has 0 aliphatic carbocycles. The lowest BCUT2D eigenvalue weighted by Gasteiger charge is -2.32. The maximum absolute atomic E-state index is 12.5. The number of hydrogen-bond donors (Lipinski definition) is 2. The molecule has 0 spiro atoms. The normalized spacial score (nSPS) is 18.2. The number of methoxy groups -OCH3 is 1. The minimum Gasteiger partial charge on any atom is -0.495 e. The largest absolute Gasteiger partial charge is 0.495 e. The number of carbonyl (C=O) groups excluding carboxylic acids is 2. The first-order valence-corrected chi connectivity index (χ1v) is 7.01. The number of carbonyl (C=O) groups is 2. The van der Waals surface area contributed by atoms with Crippen LogP contribution in [0.5, 0.6) is 5.75 Å². The fourth-order valence-electron chi connectivity index (χ4n) is 2.61. The molecule has 114 valence electrons. The van der Waals surface area contributed by atoms with Gasteiger partial charge in [0, 0.05) is 25.7 Å². The molecule has 0 saturated carbocycles. The minimum atomic E-state index is -0.136. The van der Waals surface area contributed by atoms with Crippen molar-refractivity contribution in [2.45, 2.75) is 12.8 Å². The molecule has 0 radical (unpaired) electrons. The van der Waals surface area contributed by atoms with Crippen molar-refractivity contribution in [2.75, 3.05) is 33.0 Å². The summed E-state index contributed by atoms with van der Waals surface area (Å²) in [5.41, 5.74) is 6.78. The lowest BCUT2D eigenvalue weighted by Crippen LogP contribution is -2.44. The molecule has 1 heterocycles. The smallest absolute Gasteiger partial charge is 0.254 e. The molecule has 1 atom stereocenters. The maximum atomic E-state index is 12.5. The Morgan fingerprint density at radius 1 is 1.43 bits per heavy atom. The first-order chi connectivity index (χ1) is 10.1. The van der Waals surface area contributed by atoms with Gasteiger partial charge in [-0.3, -0.25) is 9.59 Å². The van der Waals surface area contributed by atoms with Crippen molar-refractivity contribution in [3.05, 3.63) is 23.8 Å². The van der Waals surface area contributed by atoms with Crippen LogP contribution in [0.2, 0.25) is 0 Å². The number of nitrogen functional groups attached to an aromatic ring is 1. The number of benzene rings is 1. The average molecular weight is 291 g/mol. The molecule has 1 unspecified atom stereocenters. The number of anilines is 1. The van der Waals surface area contributed by atoms with Crippen LogP contribution in [-0.2, 0) is 4.79 Å². The van der Waals surface area contributed by atoms with Crippen molar-refractivity contribution in [3.63, 3.8) is 0 Å². The summed E-state index contributed by atoms with van der Waals surface area (Å²) in [7, 11) is 3.14. The second-order valence-corrected chi connectivity index (χ2v) is 5.16. The summed E-state index contributed by atoms with van der Waals surface area (Å²) < 4.78 is 5.14. The molecule has 1 fully saturated rings. The zero-order valence-corrected chi connectivity index (χ0v) is 12.4. The van der Waals surface area contributed by atoms with Gasteiger partial charge >= 0.3 is 0 Å². The predicted molar refractivity (Wildman–Crippen MR) is 80.1 cm³/mol. The quantitative estimate of drug-likeness (QED) is 0.810. The molecule has 6 nitrogen and oxygen atoms in total. The molecule has 21 heavy (non-hydrogen) atoms. The van der Waals surface area contributed by atoms with Crippen molar-refractivity contribution < 1.29 is 14.3 Å². The Hall–Kier alpha value is -2.24. The molecule has 0 aromatic heterocycles. The van der Waals surface area contributed by atoms with Gasteiger partial charge in [0.25, 0.3) is 5.91 Å². The second kappa shape index (κ2) is 6.47. The lowest BCUT2D eigenvalue weighted by molar-refractivity contribution is -0.125. The molecule has 2 rings (SSSR count). The highest BCUT2D eigenvalue weighted by atomic mass is 16.5. The second-order valence-electron chi connectivity index (χ2n) is 5.16. The molecule has 1 aliphatic heterocycles. The predicted octanol–water partition coefficient (Wildman–Crippen LogP) is 0.876. The van der Waals surface area contributed by atoms with Crippen LogP contribution in [0.3, 0.4) is 0 Å². The number of piperidine rings is 1. The van der Waals surface area contributed by atoms with Crippen LogP contribution in [0.1, 0.15) is 23.2 Å². The number of rotatable bonds is 3. The van der Waals surface area contributed by atoms with E-state index in [4.69, 9.17) is 10.5 Å². The number of ether oxygens (including phenoxy) is 1. The van der Waals surface area contributed by atoms with Crippen LogP contribution in [-0.4, -0.2) is 44.0 Å². The number of nitrogens with zero attached hydrogens (tertiary/aromatic N) is 1. The van der Waals surface area contributed by atoms with E-state index in [9.17, 15) is 9.59 Å². The average Bonchev–Trinajstić information content (AvgIpc) is 2.54. The van der Waals surface area contributed by atoms with Gasteiger partial charge in [-0.15, -0.1) is 0 Å². The van der Waals surface area contributed by atoms with E-state index in [0.717, 1.165) is 12.8 Å². The van der Waals surface area contributed by atoms with E-state index in [1.165, 1.54) is 7.11 Å². The SMILES string of the molecule is CNC(=O)C1CCCN(C(=O)c2ccc(N)c(OC)c2)C1. The highest BCUT2D eigenvalue weighted by molar-refractivity contribution is 5.95. The van der Waals surface area contributed by atoms with E-state index in [1.54, 1.807) is 30.1 Å². The van der Waals surface area contributed by atoms with E-state index in [-0.39, 0.29) is 17.7 Å². The van der Waals surface area contributed by atoms with E-state index in [0.29, 0.717) is 30.1 Å². The highest BCUT2D eigenvalue weighted by Gasteiger charge is 2.28. The van der Waals surface area contributed by atoms with E-state index in [1.807, 2.05) is 0 Å². The summed E-state index contributed by atoms with van der Waals surface area (Å²) >= 11 is 0. The van der Waals surface area contributed by atoms with Gasteiger partial charge < -0.3 is 20.7 Å². The Kier molecular flexibility index (Phi) is 4.67. The van der Waals surface area contributed by atoms with Crippen molar-refractivity contribution in [1.29, 1.82) is 0 Å². The molecular weight excluding hydrogens is 270 g/mol. The molecule has 1 aliphatic rings. The van der Waals surface area contributed by atoms with Gasteiger partial charge in [-0.25, -0.2) is 0 Å². The van der Waals surface area contributed by atoms with E-state index >= 15 is 0 Å². The molecule has 2 amide bonds. The Morgan fingerprint density at radius 2 is 2.19 bits per heavy atom. The Bertz CT molecular complexity index is 545. The summed E-state index contributed by atoms with van der Waals surface area (Å²) in [4.78, 5) is 26.0. The van der Waals surface area contributed by atoms with E-state index < -0.39 is 0 Å². The summed E-state index contributed by atoms with van der Waals surface area (Å²) in [5.74, 6) is 0.244. The third kappa shape index (κ3) is 3.26. The van der Waals surface area contributed by atoms with E-state index in [2.05, 4.69) is 5.32 Å². The van der Waals surface area contributed by atoms with Gasteiger partial charge in [-0.1, -0.05) is 0 Å². The maximum Gasteiger partial charge on any atom is 0.254 e. The van der Waals surface area contributed by atoms with Gasteiger partial charge in [0.05, 0.1) is 18.7 Å². The fourth-order valence-corrected chi connectivity index (χ4v) is 2.61. The van der Waals surface area contributed by atoms with Crippen molar-refractivity contribution in [3.8, 4) is 5.75 Å². The number of hydrogen-bond acceptors (Lipinski definition) is 4. The van der Waals surface area contributed by atoms with Crippen LogP contribution < -0.4 is 15.8 Å². The van der Waals surface area contributed by atoms with Gasteiger partial charge in [-0.2, -0.15) is 0 Å². The van der Waals surface area contributed by atoms with Crippen LogP contribution >= 0.6 is 0 Å². The van der Waals surface area contributed by atoms with Crippen molar-refractivity contribution in [1.82, 2.24) is 10.2 Å². The number of likely N-dealkylation sites (tertiary alicyclic amines) is 1. The topological polar surface area (TPSA) is 84.7 Å². The van der Waals surface area contributed by atoms with Crippen LogP contribution in [0, 0.1) is 5.92 Å². The molecule has 6 heteroatoms. The Labute approximate surface area is 124 Å². The minimum absolute atomic E-state index is 0.0117. The number of amides is 2. The van der Waals surface area contributed by atoms with Crippen LogP contribution in [0.15, 0.2) is 18.2 Å². The summed E-state index contributed by atoms with van der Waals surface area (Å²) in [6, 6.07) is 4.98.